The van der Waals surface area contributed by atoms with Crippen molar-refractivity contribution >= 4 is 32.4 Å². The lowest BCUT2D eigenvalue weighted by atomic mass is 10.1. The number of rotatable bonds is 6. The van der Waals surface area contributed by atoms with E-state index in [1.165, 1.54) is 16.4 Å². The average Bonchev–Trinajstić information content (AvgIpc) is 2.73. The van der Waals surface area contributed by atoms with E-state index < -0.39 is 10.0 Å². The molecular formula is C23H26N2O3S. The molecule has 1 amide bonds. The lowest BCUT2D eigenvalue weighted by Gasteiger charge is -2.24. The van der Waals surface area contributed by atoms with Crippen LogP contribution in [-0.2, 0) is 10.0 Å². The highest BCUT2D eigenvalue weighted by Crippen LogP contribution is 2.28. The second-order valence-corrected chi connectivity index (χ2v) is 9.19. The van der Waals surface area contributed by atoms with Gasteiger partial charge in [-0.3, -0.25) is 4.79 Å². The normalized spacial score (nSPS) is 11.9. The van der Waals surface area contributed by atoms with E-state index in [-0.39, 0.29) is 16.8 Å². The van der Waals surface area contributed by atoms with Gasteiger partial charge in [-0.25, -0.2) is 8.42 Å². The Kier molecular flexibility index (Phi) is 6.05. The van der Waals surface area contributed by atoms with Gasteiger partial charge < -0.3 is 4.90 Å². The van der Waals surface area contributed by atoms with Crippen LogP contribution in [0.2, 0.25) is 0 Å². The summed E-state index contributed by atoms with van der Waals surface area (Å²) in [5.74, 6) is -0.229. The molecule has 0 saturated heterocycles. The van der Waals surface area contributed by atoms with Crippen LogP contribution < -0.4 is 4.90 Å². The maximum Gasteiger partial charge on any atom is 0.258 e. The molecule has 3 aromatic carbocycles. The molecule has 0 aromatic heterocycles. The molecule has 0 aliphatic heterocycles. The van der Waals surface area contributed by atoms with Crippen molar-refractivity contribution in [3.8, 4) is 0 Å². The monoisotopic (exact) mass is 410 g/mol. The van der Waals surface area contributed by atoms with Crippen LogP contribution in [-0.4, -0.2) is 38.3 Å². The minimum atomic E-state index is -3.66. The quantitative estimate of drug-likeness (QED) is 0.600. The highest BCUT2D eigenvalue weighted by molar-refractivity contribution is 7.89. The standard InChI is InChI=1S/C23H26N2O3S/c1-5-25(22-15-9-11-18-10-6-7-14-21(18)22)23(26)19-12-8-13-20(16-19)29(27,28)24(4)17(2)3/h6-17H,5H2,1-4H3. The number of carbonyl (C=O) groups is 1. The van der Waals surface area contributed by atoms with Crippen molar-refractivity contribution in [2.45, 2.75) is 31.7 Å². The van der Waals surface area contributed by atoms with E-state index in [1.807, 2.05) is 63.2 Å². The van der Waals surface area contributed by atoms with Gasteiger partial charge in [0.15, 0.2) is 0 Å². The van der Waals surface area contributed by atoms with Crippen molar-refractivity contribution in [1.29, 1.82) is 0 Å². The molecule has 3 rings (SSSR count). The summed E-state index contributed by atoms with van der Waals surface area (Å²) in [6.07, 6.45) is 0. The van der Waals surface area contributed by atoms with Crippen LogP contribution in [0.3, 0.4) is 0 Å². The Labute approximate surface area is 172 Å². The first kappa shape index (κ1) is 21.0. The fourth-order valence-electron chi connectivity index (χ4n) is 3.26. The van der Waals surface area contributed by atoms with Crippen molar-refractivity contribution in [3.63, 3.8) is 0 Å². The van der Waals surface area contributed by atoms with Gasteiger partial charge in [0.2, 0.25) is 10.0 Å². The van der Waals surface area contributed by atoms with E-state index in [9.17, 15) is 13.2 Å². The van der Waals surface area contributed by atoms with Gasteiger partial charge in [-0.2, -0.15) is 4.31 Å². The number of nitrogens with zero attached hydrogens (tertiary/aromatic N) is 2. The van der Waals surface area contributed by atoms with Gasteiger partial charge in [-0.05, 0) is 50.4 Å². The van der Waals surface area contributed by atoms with Crippen molar-refractivity contribution in [2.24, 2.45) is 0 Å². The summed E-state index contributed by atoms with van der Waals surface area (Å²) in [6.45, 7) is 6.00. The fraction of sp³-hybridized carbons (Fsp3) is 0.261. The van der Waals surface area contributed by atoms with Crippen molar-refractivity contribution in [3.05, 3.63) is 72.3 Å². The van der Waals surface area contributed by atoms with Crippen LogP contribution in [0.1, 0.15) is 31.1 Å². The Morgan fingerprint density at radius 3 is 2.31 bits per heavy atom. The zero-order valence-electron chi connectivity index (χ0n) is 17.2. The predicted octanol–water partition coefficient (Wildman–Crippen LogP) is 4.54. The van der Waals surface area contributed by atoms with Crippen LogP contribution in [0.15, 0.2) is 71.6 Å². The largest absolute Gasteiger partial charge is 0.308 e. The number of hydrogen-bond donors (Lipinski definition) is 0. The molecule has 0 fully saturated rings. The van der Waals surface area contributed by atoms with E-state index in [0.717, 1.165) is 16.5 Å². The highest BCUT2D eigenvalue weighted by atomic mass is 32.2. The second kappa shape index (κ2) is 8.35. The zero-order valence-corrected chi connectivity index (χ0v) is 18.0. The average molecular weight is 411 g/mol. The predicted molar refractivity (Wildman–Crippen MR) is 118 cm³/mol. The molecule has 3 aromatic rings. The Balaban J connectivity index is 2.03. The van der Waals surface area contributed by atoms with Gasteiger partial charge in [0.25, 0.3) is 5.91 Å². The van der Waals surface area contributed by atoms with Crippen molar-refractivity contribution < 1.29 is 13.2 Å². The molecule has 152 valence electrons. The number of anilines is 1. The third kappa shape index (κ3) is 4.04. The number of benzene rings is 3. The van der Waals surface area contributed by atoms with E-state index in [4.69, 9.17) is 0 Å². The smallest absolute Gasteiger partial charge is 0.258 e. The van der Waals surface area contributed by atoms with Gasteiger partial charge in [-0.15, -0.1) is 0 Å². The fourth-order valence-corrected chi connectivity index (χ4v) is 4.67. The molecule has 0 aliphatic rings. The van der Waals surface area contributed by atoms with E-state index in [0.29, 0.717) is 12.1 Å². The Morgan fingerprint density at radius 2 is 1.62 bits per heavy atom. The molecule has 0 atom stereocenters. The maximum atomic E-state index is 13.3. The summed E-state index contributed by atoms with van der Waals surface area (Å²) in [7, 11) is -2.12. The molecular weight excluding hydrogens is 384 g/mol. The summed E-state index contributed by atoms with van der Waals surface area (Å²) in [4.78, 5) is 15.1. The van der Waals surface area contributed by atoms with Crippen molar-refractivity contribution in [2.75, 3.05) is 18.5 Å². The number of amides is 1. The summed E-state index contributed by atoms with van der Waals surface area (Å²) in [5.41, 5.74) is 1.15. The molecule has 0 unspecified atom stereocenters. The molecule has 0 saturated carbocycles. The first-order valence-electron chi connectivity index (χ1n) is 9.65. The minimum Gasteiger partial charge on any atom is -0.308 e. The molecule has 0 spiro atoms. The number of sulfonamides is 1. The SMILES string of the molecule is CCN(C(=O)c1cccc(S(=O)(=O)N(C)C(C)C)c1)c1cccc2ccccc12. The summed E-state index contributed by atoms with van der Waals surface area (Å²) >= 11 is 0. The van der Waals surface area contributed by atoms with Gasteiger partial charge in [-0.1, -0.05) is 42.5 Å². The third-order valence-electron chi connectivity index (χ3n) is 5.10. The molecule has 6 heteroatoms. The lowest BCUT2D eigenvalue weighted by molar-refractivity contribution is 0.0988. The van der Waals surface area contributed by atoms with Crippen LogP contribution >= 0.6 is 0 Å². The van der Waals surface area contributed by atoms with Crippen molar-refractivity contribution in [1.82, 2.24) is 4.31 Å². The van der Waals surface area contributed by atoms with Crippen LogP contribution in [0.5, 0.6) is 0 Å². The summed E-state index contributed by atoms with van der Waals surface area (Å²) in [6, 6.07) is 19.8. The third-order valence-corrected chi connectivity index (χ3v) is 7.13. The summed E-state index contributed by atoms with van der Waals surface area (Å²) < 4.78 is 27.0. The van der Waals surface area contributed by atoms with E-state index in [1.54, 1.807) is 24.1 Å². The first-order valence-corrected chi connectivity index (χ1v) is 11.1. The first-order chi connectivity index (χ1) is 13.8. The topological polar surface area (TPSA) is 57.7 Å². The number of hydrogen-bond acceptors (Lipinski definition) is 3. The minimum absolute atomic E-state index is 0.119. The molecule has 5 nitrogen and oxygen atoms in total. The number of carbonyl (C=O) groups excluding carboxylic acids is 1. The molecule has 29 heavy (non-hydrogen) atoms. The van der Waals surface area contributed by atoms with Crippen LogP contribution in [0.4, 0.5) is 5.69 Å². The second-order valence-electron chi connectivity index (χ2n) is 7.19. The molecule has 0 radical (unpaired) electrons. The van der Waals surface area contributed by atoms with Gasteiger partial charge >= 0.3 is 0 Å². The molecule has 0 bridgehead atoms. The van der Waals surface area contributed by atoms with E-state index in [2.05, 4.69) is 0 Å². The van der Waals surface area contributed by atoms with Gasteiger partial charge in [0.1, 0.15) is 0 Å². The Hall–Kier alpha value is -2.70. The zero-order chi connectivity index (χ0) is 21.2. The van der Waals surface area contributed by atoms with Gasteiger partial charge in [0.05, 0.1) is 10.6 Å². The molecule has 0 aliphatic carbocycles. The Bertz CT molecular complexity index is 1130. The lowest BCUT2D eigenvalue weighted by Crippen LogP contribution is -2.34. The number of fused-ring (bicyclic) bond motifs is 1. The van der Waals surface area contributed by atoms with Crippen LogP contribution in [0, 0.1) is 0 Å². The maximum absolute atomic E-state index is 13.3. The molecule has 0 N–H and O–H groups in total. The highest BCUT2D eigenvalue weighted by Gasteiger charge is 2.25. The summed E-state index contributed by atoms with van der Waals surface area (Å²) in [5, 5.41) is 2.03. The van der Waals surface area contributed by atoms with E-state index >= 15 is 0 Å². The van der Waals surface area contributed by atoms with Crippen LogP contribution in [0.25, 0.3) is 10.8 Å². The van der Waals surface area contributed by atoms with Gasteiger partial charge in [0, 0.05) is 30.6 Å². The Morgan fingerprint density at radius 1 is 0.966 bits per heavy atom. The molecule has 0 heterocycles.